The molecular formula is C39H41N3O4. The van der Waals surface area contributed by atoms with Crippen LogP contribution in [0, 0.1) is 11.3 Å². The number of anilines is 2. The van der Waals surface area contributed by atoms with E-state index >= 15 is 0 Å². The Morgan fingerprint density at radius 2 is 1.52 bits per heavy atom. The molecule has 1 amide bonds. The lowest BCUT2D eigenvalue weighted by atomic mass is 9.72. The standard InChI is InChI=1S/C39H41N3O4/c1-38(2)24-31-36(33(43)25-38)37(34-18-11-23-46-34)42(32-17-10-9-16-30(32)40-31)26-35(44)41-21-19-29(20-22-41)39(45,27-12-5-3-6-13-27)28-14-7-4-8-15-28/h3-18,23,29,37,40,45H,19-22,24-26H2,1-2H3. The first-order valence-electron chi connectivity index (χ1n) is 16.3. The molecule has 3 aliphatic rings. The molecule has 7 rings (SSSR count). The van der Waals surface area contributed by atoms with E-state index in [2.05, 4.69) is 19.2 Å². The Morgan fingerprint density at radius 1 is 0.891 bits per heavy atom. The average molecular weight is 616 g/mol. The van der Waals surface area contributed by atoms with Gasteiger partial charge in [0.2, 0.25) is 5.91 Å². The number of carbonyl (C=O) groups excluding carboxylic acids is 2. The van der Waals surface area contributed by atoms with Crippen molar-refractivity contribution in [1.29, 1.82) is 0 Å². The van der Waals surface area contributed by atoms with Crippen LogP contribution in [0.15, 0.2) is 119 Å². The number of benzene rings is 3. The van der Waals surface area contributed by atoms with Crippen LogP contribution in [0.3, 0.4) is 0 Å². The molecule has 236 valence electrons. The van der Waals surface area contributed by atoms with E-state index in [1.807, 2.05) is 107 Å². The third-order valence-electron chi connectivity index (χ3n) is 9.99. The maximum absolute atomic E-state index is 14.2. The third kappa shape index (κ3) is 5.43. The number of rotatable bonds is 6. The second-order valence-corrected chi connectivity index (χ2v) is 13.7. The number of likely N-dealkylation sites (tertiary alicyclic amines) is 1. The number of furan rings is 1. The number of aliphatic hydroxyl groups is 1. The second-order valence-electron chi connectivity index (χ2n) is 13.7. The lowest BCUT2D eigenvalue weighted by molar-refractivity contribution is -0.132. The summed E-state index contributed by atoms with van der Waals surface area (Å²) in [6.07, 6.45) is 4.11. The fourth-order valence-corrected chi connectivity index (χ4v) is 7.78. The van der Waals surface area contributed by atoms with Crippen LogP contribution in [-0.4, -0.2) is 41.3 Å². The molecule has 1 saturated heterocycles. The quantitative estimate of drug-likeness (QED) is 0.241. The van der Waals surface area contributed by atoms with Crippen LogP contribution in [0.1, 0.15) is 62.5 Å². The molecule has 2 N–H and O–H groups in total. The Labute approximate surface area is 270 Å². The zero-order chi connectivity index (χ0) is 31.9. The summed E-state index contributed by atoms with van der Waals surface area (Å²) < 4.78 is 5.98. The topological polar surface area (TPSA) is 86.0 Å². The maximum atomic E-state index is 14.2. The summed E-state index contributed by atoms with van der Waals surface area (Å²) in [5, 5.41) is 15.9. The van der Waals surface area contributed by atoms with Gasteiger partial charge in [-0.2, -0.15) is 0 Å². The van der Waals surface area contributed by atoms with E-state index in [1.165, 1.54) is 0 Å². The van der Waals surface area contributed by atoms with Gasteiger partial charge in [0.25, 0.3) is 0 Å². The molecule has 1 aromatic heterocycles. The van der Waals surface area contributed by atoms with Gasteiger partial charge in [-0.1, -0.05) is 86.6 Å². The number of hydrogen-bond acceptors (Lipinski definition) is 6. The van der Waals surface area contributed by atoms with Gasteiger partial charge in [-0.05, 0) is 66.0 Å². The van der Waals surface area contributed by atoms with E-state index in [0.717, 1.165) is 34.6 Å². The van der Waals surface area contributed by atoms with Crippen molar-refractivity contribution >= 4 is 23.1 Å². The van der Waals surface area contributed by atoms with E-state index in [4.69, 9.17) is 4.42 Å². The Morgan fingerprint density at radius 3 is 2.15 bits per heavy atom. The Bertz CT molecular complexity index is 1700. The first-order chi connectivity index (χ1) is 22.2. The van der Waals surface area contributed by atoms with E-state index in [9.17, 15) is 14.7 Å². The number of nitrogens with zero attached hydrogens (tertiary/aromatic N) is 2. The van der Waals surface area contributed by atoms with Crippen LogP contribution >= 0.6 is 0 Å². The highest BCUT2D eigenvalue weighted by molar-refractivity contribution is 6.01. The highest BCUT2D eigenvalue weighted by atomic mass is 16.3. The SMILES string of the molecule is CC1(C)CC(=O)C2=C(C1)Nc1ccccc1N(CC(=O)N1CCC(C(O)(c3ccccc3)c3ccccc3)CC1)C2c1ccco1. The van der Waals surface area contributed by atoms with Gasteiger partial charge in [0.05, 0.1) is 24.2 Å². The number of amides is 1. The molecule has 1 atom stereocenters. The molecule has 1 aliphatic carbocycles. The van der Waals surface area contributed by atoms with E-state index < -0.39 is 11.6 Å². The Balaban J connectivity index is 1.18. The summed E-state index contributed by atoms with van der Waals surface area (Å²) in [4.78, 5) is 32.0. The molecule has 0 bridgehead atoms. The fraction of sp³-hybridized carbons (Fsp3) is 0.333. The summed E-state index contributed by atoms with van der Waals surface area (Å²) in [6, 6.07) is 30.9. The number of ketones is 1. The van der Waals surface area contributed by atoms with Gasteiger partial charge < -0.3 is 24.6 Å². The van der Waals surface area contributed by atoms with E-state index in [-0.39, 0.29) is 29.6 Å². The van der Waals surface area contributed by atoms with Crippen molar-refractivity contribution in [2.75, 3.05) is 29.9 Å². The lowest BCUT2D eigenvalue weighted by Gasteiger charge is -2.43. The molecule has 0 spiro atoms. The van der Waals surface area contributed by atoms with Crippen LogP contribution in [0.4, 0.5) is 11.4 Å². The zero-order valence-corrected chi connectivity index (χ0v) is 26.5. The van der Waals surface area contributed by atoms with E-state index in [0.29, 0.717) is 43.7 Å². The third-order valence-corrected chi connectivity index (χ3v) is 9.99. The van der Waals surface area contributed by atoms with Gasteiger partial charge in [0.1, 0.15) is 17.4 Å². The highest BCUT2D eigenvalue weighted by Crippen LogP contribution is 2.48. The summed E-state index contributed by atoms with van der Waals surface area (Å²) in [5.41, 5.74) is 3.69. The van der Waals surface area contributed by atoms with Gasteiger partial charge in [-0.25, -0.2) is 0 Å². The molecule has 4 aromatic rings. The minimum absolute atomic E-state index is 0.0135. The van der Waals surface area contributed by atoms with Crippen molar-refractivity contribution in [1.82, 2.24) is 4.90 Å². The van der Waals surface area contributed by atoms with Gasteiger partial charge in [0.15, 0.2) is 5.78 Å². The van der Waals surface area contributed by atoms with Crippen LogP contribution in [0.25, 0.3) is 0 Å². The summed E-state index contributed by atoms with van der Waals surface area (Å²) in [5.74, 6) is 0.644. The maximum Gasteiger partial charge on any atom is 0.242 e. The predicted molar refractivity (Wildman–Crippen MR) is 179 cm³/mol. The first-order valence-corrected chi connectivity index (χ1v) is 16.3. The number of fused-ring (bicyclic) bond motifs is 1. The largest absolute Gasteiger partial charge is 0.467 e. The first kappa shape index (κ1) is 30.1. The van der Waals surface area contributed by atoms with Gasteiger partial charge >= 0.3 is 0 Å². The summed E-state index contributed by atoms with van der Waals surface area (Å²) >= 11 is 0. The van der Waals surface area contributed by atoms with Crippen molar-refractivity contribution < 1.29 is 19.1 Å². The average Bonchev–Trinajstić information content (AvgIpc) is 3.56. The van der Waals surface area contributed by atoms with Crippen molar-refractivity contribution in [2.24, 2.45) is 11.3 Å². The molecule has 2 aliphatic heterocycles. The van der Waals surface area contributed by atoms with Crippen molar-refractivity contribution in [3.8, 4) is 0 Å². The smallest absolute Gasteiger partial charge is 0.242 e. The number of carbonyl (C=O) groups is 2. The minimum Gasteiger partial charge on any atom is -0.467 e. The molecule has 3 aromatic carbocycles. The molecule has 7 nitrogen and oxygen atoms in total. The van der Waals surface area contributed by atoms with Crippen molar-refractivity contribution in [2.45, 2.75) is 51.2 Å². The number of para-hydroxylation sites is 2. The molecule has 3 heterocycles. The summed E-state index contributed by atoms with van der Waals surface area (Å²) in [7, 11) is 0. The normalized spacial score (nSPS) is 20.1. The summed E-state index contributed by atoms with van der Waals surface area (Å²) in [6.45, 7) is 5.40. The molecule has 0 saturated carbocycles. The van der Waals surface area contributed by atoms with Gasteiger partial charge in [-0.15, -0.1) is 0 Å². The van der Waals surface area contributed by atoms with Crippen LogP contribution in [0.2, 0.25) is 0 Å². The fourth-order valence-electron chi connectivity index (χ4n) is 7.78. The highest BCUT2D eigenvalue weighted by Gasteiger charge is 2.45. The monoisotopic (exact) mass is 615 g/mol. The van der Waals surface area contributed by atoms with Crippen molar-refractivity contribution in [3.05, 3.63) is 131 Å². The molecule has 1 unspecified atom stereocenters. The Kier molecular flexibility index (Phi) is 7.81. The van der Waals surface area contributed by atoms with Crippen LogP contribution in [-0.2, 0) is 15.2 Å². The van der Waals surface area contributed by atoms with Gasteiger partial charge in [0, 0.05) is 30.8 Å². The molecular weight excluding hydrogens is 574 g/mol. The second kappa shape index (κ2) is 12.0. The van der Waals surface area contributed by atoms with Crippen LogP contribution in [0.5, 0.6) is 0 Å². The lowest BCUT2D eigenvalue weighted by Crippen LogP contribution is -2.49. The van der Waals surface area contributed by atoms with E-state index in [1.54, 1.807) is 6.26 Å². The predicted octanol–water partition coefficient (Wildman–Crippen LogP) is 7.07. The number of allylic oxidation sites excluding steroid dienone is 1. The van der Waals surface area contributed by atoms with Crippen molar-refractivity contribution in [3.63, 3.8) is 0 Å². The molecule has 7 heteroatoms. The van der Waals surface area contributed by atoms with Crippen LogP contribution < -0.4 is 10.2 Å². The number of nitrogens with one attached hydrogen (secondary N) is 1. The number of hydrogen-bond donors (Lipinski definition) is 2. The number of Topliss-reactive ketones (excluding diaryl/α,β-unsaturated/α-hetero) is 1. The zero-order valence-electron chi connectivity index (χ0n) is 26.5. The Hall–Kier alpha value is -4.62. The molecule has 0 radical (unpaired) electrons. The van der Waals surface area contributed by atoms with Gasteiger partial charge in [-0.3, -0.25) is 9.59 Å². The molecule has 46 heavy (non-hydrogen) atoms. The number of piperidine rings is 1. The minimum atomic E-state index is -1.16. The molecule has 1 fully saturated rings.